The number of ether oxygens (including phenoxy) is 1. The van der Waals surface area contributed by atoms with Crippen molar-refractivity contribution in [2.75, 3.05) is 13.2 Å². The second-order valence-electron chi connectivity index (χ2n) is 4.21. The van der Waals surface area contributed by atoms with Crippen LogP contribution < -0.4 is 0 Å². The van der Waals surface area contributed by atoms with Gasteiger partial charge in [-0.15, -0.1) is 0 Å². The molecule has 0 N–H and O–H groups in total. The van der Waals surface area contributed by atoms with E-state index in [-0.39, 0.29) is 5.78 Å². The van der Waals surface area contributed by atoms with Crippen LogP contribution in [0.1, 0.15) is 39.5 Å². The van der Waals surface area contributed by atoms with Crippen LogP contribution >= 0.6 is 0 Å². The number of ketones is 1. The monoisotopic (exact) mass is 184 g/mol. The van der Waals surface area contributed by atoms with E-state index in [0.717, 1.165) is 18.4 Å². The molecule has 0 aliphatic heterocycles. The summed E-state index contributed by atoms with van der Waals surface area (Å²) < 4.78 is 5.28. The lowest BCUT2D eigenvalue weighted by atomic mass is 9.73. The van der Waals surface area contributed by atoms with Crippen molar-refractivity contribution in [3.8, 4) is 0 Å². The van der Waals surface area contributed by atoms with Crippen LogP contribution in [-0.2, 0) is 9.53 Å². The molecule has 1 saturated carbocycles. The van der Waals surface area contributed by atoms with E-state index in [0.29, 0.717) is 6.61 Å². The highest BCUT2D eigenvalue weighted by Gasteiger charge is 2.27. The van der Waals surface area contributed by atoms with Crippen molar-refractivity contribution in [1.29, 1.82) is 0 Å². The molecule has 0 saturated heterocycles. The summed E-state index contributed by atoms with van der Waals surface area (Å²) in [6, 6.07) is 0. The zero-order valence-corrected chi connectivity index (χ0v) is 8.71. The van der Waals surface area contributed by atoms with Gasteiger partial charge >= 0.3 is 0 Å². The van der Waals surface area contributed by atoms with Crippen molar-refractivity contribution in [1.82, 2.24) is 0 Å². The summed E-state index contributed by atoms with van der Waals surface area (Å²) in [7, 11) is 0. The normalized spacial score (nSPS) is 26.9. The van der Waals surface area contributed by atoms with Crippen LogP contribution in [0.25, 0.3) is 0 Å². The third kappa shape index (κ3) is 3.90. The Labute approximate surface area is 80.7 Å². The smallest absolute Gasteiger partial charge is 0.155 e. The highest BCUT2D eigenvalue weighted by Crippen LogP contribution is 2.36. The number of carbonyl (C=O) groups is 1. The number of Topliss-reactive ketones (excluding diaryl/α,β-unsaturated/α-hetero) is 1. The van der Waals surface area contributed by atoms with Crippen molar-refractivity contribution in [2.24, 2.45) is 11.8 Å². The molecule has 0 bridgehead atoms. The molecule has 0 radical (unpaired) electrons. The van der Waals surface area contributed by atoms with Gasteiger partial charge in [0.15, 0.2) is 5.78 Å². The first kappa shape index (κ1) is 10.7. The average Bonchev–Trinajstić information content (AvgIpc) is 1.99. The molecule has 1 rings (SSSR count). The van der Waals surface area contributed by atoms with Gasteiger partial charge in [0, 0.05) is 0 Å². The van der Waals surface area contributed by atoms with Crippen LogP contribution in [0.2, 0.25) is 0 Å². The van der Waals surface area contributed by atoms with Crippen LogP contribution in [0.5, 0.6) is 0 Å². The summed E-state index contributed by atoms with van der Waals surface area (Å²) in [6.45, 7) is 4.90. The molecular formula is C11H20O2. The molecule has 76 valence electrons. The van der Waals surface area contributed by atoms with Crippen molar-refractivity contribution < 1.29 is 9.53 Å². The lowest BCUT2D eigenvalue weighted by molar-refractivity contribution is -0.122. The topological polar surface area (TPSA) is 26.3 Å². The Hall–Kier alpha value is -0.370. The third-order valence-corrected chi connectivity index (χ3v) is 2.69. The summed E-state index contributed by atoms with van der Waals surface area (Å²) in [5.41, 5.74) is 0. The number of carbonyl (C=O) groups excluding carboxylic acids is 1. The Morgan fingerprint density at radius 1 is 1.38 bits per heavy atom. The van der Waals surface area contributed by atoms with Crippen LogP contribution in [0.15, 0.2) is 0 Å². The van der Waals surface area contributed by atoms with E-state index in [1.165, 1.54) is 25.7 Å². The fraction of sp³-hybridized carbons (Fsp3) is 0.909. The SMILES string of the molecule is CCCC1CC(COCC(C)=O)C1. The second kappa shape index (κ2) is 5.38. The molecule has 0 aromatic rings. The standard InChI is InChI=1S/C11H20O2/c1-3-4-10-5-11(6-10)8-13-7-9(2)12/h10-11H,3-8H2,1-2H3. The molecule has 2 heteroatoms. The highest BCUT2D eigenvalue weighted by molar-refractivity contribution is 5.76. The number of hydrogen-bond acceptors (Lipinski definition) is 2. The van der Waals surface area contributed by atoms with Gasteiger partial charge in [0.05, 0.1) is 6.61 Å². The number of rotatable bonds is 6. The first-order valence-electron chi connectivity index (χ1n) is 5.29. The van der Waals surface area contributed by atoms with Gasteiger partial charge in [0.25, 0.3) is 0 Å². The minimum absolute atomic E-state index is 0.129. The molecule has 0 spiro atoms. The van der Waals surface area contributed by atoms with Gasteiger partial charge in [-0.2, -0.15) is 0 Å². The minimum atomic E-state index is 0.129. The average molecular weight is 184 g/mol. The van der Waals surface area contributed by atoms with Crippen molar-refractivity contribution in [2.45, 2.75) is 39.5 Å². The maximum absolute atomic E-state index is 10.6. The van der Waals surface area contributed by atoms with Gasteiger partial charge in [0.1, 0.15) is 6.61 Å². The fourth-order valence-corrected chi connectivity index (χ4v) is 2.02. The summed E-state index contributed by atoms with van der Waals surface area (Å²) in [5, 5.41) is 0. The first-order chi connectivity index (χ1) is 6.22. The summed E-state index contributed by atoms with van der Waals surface area (Å²) in [4.78, 5) is 10.6. The van der Waals surface area contributed by atoms with E-state index in [1.54, 1.807) is 6.92 Å². The van der Waals surface area contributed by atoms with Crippen LogP contribution in [0, 0.1) is 11.8 Å². The third-order valence-electron chi connectivity index (χ3n) is 2.69. The zero-order valence-electron chi connectivity index (χ0n) is 8.71. The van der Waals surface area contributed by atoms with Gasteiger partial charge in [-0.1, -0.05) is 19.8 Å². The maximum atomic E-state index is 10.6. The van der Waals surface area contributed by atoms with E-state index in [1.807, 2.05) is 0 Å². The quantitative estimate of drug-likeness (QED) is 0.633. The molecule has 0 unspecified atom stereocenters. The molecule has 2 nitrogen and oxygen atoms in total. The van der Waals surface area contributed by atoms with Gasteiger partial charge in [0.2, 0.25) is 0 Å². The van der Waals surface area contributed by atoms with Crippen molar-refractivity contribution in [3.63, 3.8) is 0 Å². The Kier molecular flexibility index (Phi) is 4.43. The number of hydrogen-bond donors (Lipinski definition) is 0. The molecule has 1 fully saturated rings. The predicted molar refractivity (Wildman–Crippen MR) is 52.6 cm³/mol. The van der Waals surface area contributed by atoms with E-state index in [2.05, 4.69) is 6.92 Å². The molecule has 0 heterocycles. The predicted octanol–water partition coefficient (Wildman–Crippen LogP) is 2.42. The molecule has 0 aromatic carbocycles. The molecule has 0 amide bonds. The summed E-state index contributed by atoms with van der Waals surface area (Å²) in [6.07, 6.45) is 5.28. The van der Waals surface area contributed by atoms with E-state index < -0.39 is 0 Å². The van der Waals surface area contributed by atoms with Gasteiger partial charge in [-0.3, -0.25) is 4.79 Å². The maximum Gasteiger partial charge on any atom is 0.155 e. The Balaban J connectivity index is 1.93. The van der Waals surface area contributed by atoms with Gasteiger partial charge < -0.3 is 4.74 Å². The van der Waals surface area contributed by atoms with Crippen molar-refractivity contribution in [3.05, 3.63) is 0 Å². The first-order valence-corrected chi connectivity index (χ1v) is 5.29. The van der Waals surface area contributed by atoms with Gasteiger partial charge in [-0.25, -0.2) is 0 Å². The zero-order chi connectivity index (χ0) is 9.68. The Morgan fingerprint density at radius 2 is 2.08 bits per heavy atom. The highest BCUT2D eigenvalue weighted by atomic mass is 16.5. The summed E-state index contributed by atoms with van der Waals surface area (Å²) in [5.74, 6) is 1.80. The Morgan fingerprint density at radius 3 is 2.62 bits per heavy atom. The Bertz CT molecular complexity index is 159. The van der Waals surface area contributed by atoms with E-state index in [4.69, 9.17) is 4.74 Å². The fourth-order valence-electron chi connectivity index (χ4n) is 2.02. The van der Waals surface area contributed by atoms with Crippen molar-refractivity contribution >= 4 is 5.78 Å². The largest absolute Gasteiger partial charge is 0.373 e. The van der Waals surface area contributed by atoms with Crippen LogP contribution in [0.4, 0.5) is 0 Å². The van der Waals surface area contributed by atoms with E-state index >= 15 is 0 Å². The van der Waals surface area contributed by atoms with Crippen LogP contribution in [0.3, 0.4) is 0 Å². The molecule has 1 aliphatic carbocycles. The lowest BCUT2D eigenvalue weighted by Crippen LogP contribution is -2.28. The molecule has 1 aliphatic rings. The molecule has 13 heavy (non-hydrogen) atoms. The molecule has 0 atom stereocenters. The minimum Gasteiger partial charge on any atom is -0.373 e. The van der Waals surface area contributed by atoms with Crippen LogP contribution in [-0.4, -0.2) is 19.0 Å². The second-order valence-corrected chi connectivity index (χ2v) is 4.21. The summed E-state index contributed by atoms with van der Waals surface area (Å²) >= 11 is 0. The van der Waals surface area contributed by atoms with Gasteiger partial charge in [-0.05, 0) is 31.6 Å². The molecular weight excluding hydrogens is 164 g/mol. The van der Waals surface area contributed by atoms with E-state index in [9.17, 15) is 4.79 Å². The lowest BCUT2D eigenvalue weighted by Gasteiger charge is -2.34. The molecule has 0 aromatic heterocycles.